The summed E-state index contributed by atoms with van der Waals surface area (Å²) < 4.78 is 26.9. The number of rotatable bonds is 10. The number of hydrogen-bond donors (Lipinski definition) is 1. The van der Waals surface area contributed by atoms with Crippen molar-refractivity contribution in [1.82, 2.24) is 10.2 Å². The number of aryl methyl sites for hydroxylation is 2. The number of anilines is 1. The Balaban J connectivity index is 2.07. The molecule has 0 unspecified atom stereocenters. The number of amides is 2. The van der Waals surface area contributed by atoms with Crippen molar-refractivity contribution in [3.05, 3.63) is 99.0 Å². The van der Waals surface area contributed by atoms with E-state index in [2.05, 4.69) is 5.32 Å². The fraction of sp³-hybridized carbons (Fsp3) is 0.286. The Morgan fingerprint density at radius 1 is 0.921 bits per heavy atom. The van der Waals surface area contributed by atoms with E-state index in [1.165, 1.54) is 11.9 Å². The predicted molar refractivity (Wildman–Crippen MR) is 153 cm³/mol. The zero-order valence-corrected chi connectivity index (χ0v) is 24.1. The van der Waals surface area contributed by atoms with Crippen molar-refractivity contribution >= 4 is 50.7 Å². The summed E-state index contributed by atoms with van der Waals surface area (Å²) >= 11 is 12.3. The van der Waals surface area contributed by atoms with Gasteiger partial charge in [0.2, 0.25) is 21.8 Å². The van der Waals surface area contributed by atoms with E-state index in [1.54, 1.807) is 31.2 Å². The van der Waals surface area contributed by atoms with Crippen LogP contribution in [0.2, 0.25) is 10.0 Å². The number of hydrogen-bond acceptors (Lipinski definition) is 4. The summed E-state index contributed by atoms with van der Waals surface area (Å²) in [5.41, 5.74) is 3.47. The molecule has 38 heavy (non-hydrogen) atoms. The van der Waals surface area contributed by atoms with Gasteiger partial charge in [-0.2, -0.15) is 0 Å². The highest BCUT2D eigenvalue weighted by molar-refractivity contribution is 7.92. The van der Waals surface area contributed by atoms with Gasteiger partial charge in [0.1, 0.15) is 12.6 Å². The second kappa shape index (κ2) is 12.7. The van der Waals surface area contributed by atoms with E-state index >= 15 is 0 Å². The number of benzene rings is 3. The SMILES string of the molecule is CNC(=O)[C@H](Cc1ccccc1)N(Cc1ccc(Cl)c(Cl)c1)C(=O)CN(c1cc(C)ccc1C)S(C)(=O)=O. The Bertz CT molecular complexity index is 1410. The van der Waals surface area contributed by atoms with Crippen LogP contribution >= 0.6 is 23.2 Å². The van der Waals surface area contributed by atoms with E-state index in [1.807, 2.05) is 49.4 Å². The lowest BCUT2D eigenvalue weighted by Crippen LogP contribution is -2.53. The maximum Gasteiger partial charge on any atom is 0.244 e. The van der Waals surface area contributed by atoms with E-state index in [0.717, 1.165) is 21.7 Å². The molecule has 0 aliphatic carbocycles. The Morgan fingerprint density at radius 2 is 1.61 bits per heavy atom. The molecule has 10 heteroatoms. The number of carbonyl (C=O) groups excluding carboxylic acids is 2. The van der Waals surface area contributed by atoms with Gasteiger partial charge in [0.15, 0.2) is 0 Å². The summed E-state index contributed by atoms with van der Waals surface area (Å²) in [5, 5.41) is 3.32. The smallest absolute Gasteiger partial charge is 0.244 e. The predicted octanol–water partition coefficient (Wildman–Crippen LogP) is 4.76. The van der Waals surface area contributed by atoms with Crippen molar-refractivity contribution < 1.29 is 18.0 Å². The average Bonchev–Trinajstić information content (AvgIpc) is 2.87. The van der Waals surface area contributed by atoms with Crippen LogP contribution in [0, 0.1) is 13.8 Å². The first-order valence-corrected chi connectivity index (χ1v) is 14.5. The average molecular weight is 577 g/mol. The van der Waals surface area contributed by atoms with Crippen LogP contribution in [0.1, 0.15) is 22.3 Å². The summed E-state index contributed by atoms with van der Waals surface area (Å²) in [5.74, 6) is -0.910. The van der Waals surface area contributed by atoms with Crippen molar-refractivity contribution in [2.24, 2.45) is 0 Å². The molecule has 0 aromatic heterocycles. The van der Waals surface area contributed by atoms with Crippen LogP contribution < -0.4 is 9.62 Å². The molecule has 0 fully saturated rings. The number of halogens is 2. The molecule has 0 aliphatic heterocycles. The molecular formula is C28H31Cl2N3O4S. The van der Waals surface area contributed by atoms with Gasteiger partial charge in [-0.25, -0.2) is 8.42 Å². The first kappa shape index (κ1) is 29.5. The second-order valence-corrected chi connectivity index (χ2v) is 11.9. The molecule has 0 radical (unpaired) electrons. The van der Waals surface area contributed by atoms with Gasteiger partial charge in [0.05, 0.1) is 22.0 Å². The van der Waals surface area contributed by atoms with Crippen molar-refractivity contribution in [1.29, 1.82) is 0 Å². The van der Waals surface area contributed by atoms with E-state index in [0.29, 0.717) is 26.9 Å². The summed E-state index contributed by atoms with van der Waals surface area (Å²) in [4.78, 5) is 28.5. The van der Waals surface area contributed by atoms with Crippen molar-refractivity contribution in [2.45, 2.75) is 32.9 Å². The van der Waals surface area contributed by atoms with E-state index in [9.17, 15) is 18.0 Å². The third kappa shape index (κ3) is 7.49. The lowest BCUT2D eigenvalue weighted by Gasteiger charge is -2.33. The van der Waals surface area contributed by atoms with E-state index in [-0.39, 0.29) is 18.9 Å². The fourth-order valence-corrected chi connectivity index (χ4v) is 5.36. The highest BCUT2D eigenvalue weighted by Gasteiger charge is 2.33. The standard InChI is InChI=1S/C28H31Cl2N3O4S/c1-19-10-11-20(2)25(14-19)33(38(4,36)37)18-27(34)32(17-22-12-13-23(29)24(30)15-22)26(28(35)31-3)16-21-8-6-5-7-9-21/h5-15,26H,16-18H2,1-4H3,(H,31,35)/t26-/m0/s1. The number of nitrogens with zero attached hydrogens (tertiary/aromatic N) is 2. The molecule has 3 aromatic rings. The third-order valence-electron chi connectivity index (χ3n) is 6.17. The number of nitrogens with one attached hydrogen (secondary N) is 1. The molecule has 202 valence electrons. The van der Waals surface area contributed by atoms with Gasteiger partial charge in [-0.05, 0) is 54.3 Å². The Labute approximate surface area is 234 Å². The fourth-order valence-electron chi connectivity index (χ4n) is 4.14. The second-order valence-electron chi connectivity index (χ2n) is 9.15. The molecule has 0 saturated carbocycles. The van der Waals surface area contributed by atoms with Gasteiger partial charge < -0.3 is 10.2 Å². The largest absolute Gasteiger partial charge is 0.357 e. The highest BCUT2D eigenvalue weighted by Crippen LogP contribution is 2.26. The molecule has 0 spiro atoms. The molecule has 0 heterocycles. The Hall–Kier alpha value is -3.07. The Morgan fingerprint density at radius 3 is 2.21 bits per heavy atom. The van der Waals surface area contributed by atoms with Crippen LogP contribution in [0.4, 0.5) is 5.69 Å². The minimum absolute atomic E-state index is 0.0189. The monoisotopic (exact) mass is 575 g/mol. The molecule has 0 saturated heterocycles. The summed E-state index contributed by atoms with van der Waals surface area (Å²) in [7, 11) is -2.33. The molecular weight excluding hydrogens is 545 g/mol. The molecule has 3 aromatic carbocycles. The maximum atomic E-state index is 14.0. The van der Waals surface area contributed by atoms with Crippen LogP contribution in [-0.2, 0) is 32.6 Å². The number of sulfonamides is 1. The molecule has 1 atom stereocenters. The lowest BCUT2D eigenvalue weighted by molar-refractivity contribution is -0.139. The minimum Gasteiger partial charge on any atom is -0.357 e. The van der Waals surface area contributed by atoms with Crippen LogP contribution in [-0.4, -0.2) is 51.0 Å². The van der Waals surface area contributed by atoms with Gasteiger partial charge in [0, 0.05) is 20.0 Å². The quantitative estimate of drug-likeness (QED) is 0.377. The van der Waals surface area contributed by atoms with Gasteiger partial charge in [-0.1, -0.05) is 71.7 Å². The third-order valence-corrected chi connectivity index (χ3v) is 8.03. The lowest BCUT2D eigenvalue weighted by atomic mass is 10.0. The number of likely N-dealkylation sites (N-methyl/N-ethyl adjacent to an activating group) is 1. The Kier molecular flexibility index (Phi) is 9.82. The molecule has 0 bridgehead atoms. The van der Waals surface area contributed by atoms with Crippen molar-refractivity contribution in [2.75, 3.05) is 24.2 Å². The van der Waals surface area contributed by atoms with Gasteiger partial charge in [-0.15, -0.1) is 0 Å². The van der Waals surface area contributed by atoms with Crippen LogP contribution in [0.3, 0.4) is 0 Å². The van der Waals surface area contributed by atoms with E-state index in [4.69, 9.17) is 23.2 Å². The maximum absolute atomic E-state index is 14.0. The van der Waals surface area contributed by atoms with E-state index < -0.39 is 28.5 Å². The summed E-state index contributed by atoms with van der Waals surface area (Å²) in [6.07, 6.45) is 1.29. The van der Waals surface area contributed by atoms with Gasteiger partial charge >= 0.3 is 0 Å². The molecule has 0 aliphatic rings. The molecule has 2 amide bonds. The van der Waals surface area contributed by atoms with Crippen molar-refractivity contribution in [3.8, 4) is 0 Å². The molecule has 1 N–H and O–H groups in total. The number of carbonyl (C=O) groups is 2. The zero-order chi connectivity index (χ0) is 28.0. The summed E-state index contributed by atoms with van der Waals surface area (Å²) in [6.45, 7) is 3.18. The highest BCUT2D eigenvalue weighted by atomic mass is 35.5. The summed E-state index contributed by atoms with van der Waals surface area (Å²) in [6, 6.07) is 18.8. The topological polar surface area (TPSA) is 86.8 Å². The first-order chi connectivity index (χ1) is 17.9. The molecule has 7 nitrogen and oxygen atoms in total. The minimum atomic E-state index is -3.83. The normalized spacial score (nSPS) is 12.1. The van der Waals surface area contributed by atoms with Crippen LogP contribution in [0.15, 0.2) is 66.7 Å². The van der Waals surface area contributed by atoms with Crippen LogP contribution in [0.5, 0.6) is 0 Å². The van der Waals surface area contributed by atoms with Crippen LogP contribution in [0.25, 0.3) is 0 Å². The molecule has 3 rings (SSSR count). The van der Waals surface area contributed by atoms with Gasteiger partial charge in [-0.3, -0.25) is 13.9 Å². The van der Waals surface area contributed by atoms with Crippen molar-refractivity contribution in [3.63, 3.8) is 0 Å². The zero-order valence-electron chi connectivity index (χ0n) is 21.7. The first-order valence-electron chi connectivity index (χ1n) is 11.9. The van der Waals surface area contributed by atoms with Gasteiger partial charge in [0.25, 0.3) is 0 Å².